The number of carbonyl (C=O) groups is 1. The minimum atomic E-state index is -0.401. The minimum Gasteiger partial charge on any atom is -0.340 e. The summed E-state index contributed by atoms with van der Waals surface area (Å²) in [6.45, 7) is 5.53. The first-order chi connectivity index (χ1) is 5.99. The first kappa shape index (κ1) is 9.73. The van der Waals surface area contributed by atoms with E-state index in [9.17, 15) is 4.79 Å². The minimum absolute atomic E-state index is 0.240. The Bertz CT molecular complexity index is 274. The van der Waals surface area contributed by atoms with Crippen molar-refractivity contribution >= 4 is 5.91 Å². The average molecular weight is 183 g/mol. The molecular weight excluding hydrogens is 170 g/mol. The fraction of sp³-hybridized carbons (Fsp3) is 0.500. The van der Waals surface area contributed by atoms with Gasteiger partial charge in [0.1, 0.15) is 0 Å². The van der Waals surface area contributed by atoms with Crippen molar-refractivity contribution in [2.45, 2.75) is 26.4 Å². The maximum Gasteiger partial charge on any atom is 0.310 e. The van der Waals surface area contributed by atoms with E-state index in [2.05, 4.69) is 15.4 Å². The largest absolute Gasteiger partial charge is 0.340 e. The van der Waals surface area contributed by atoms with Crippen molar-refractivity contribution in [3.63, 3.8) is 0 Å². The number of hydroxylamine groups is 1. The van der Waals surface area contributed by atoms with Gasteiger partial charge in [-0.3, -0.25) is 9.63 Å². The van der Waals surface area contributed by atoms with Crippen molar-refractivity contribution < 1.29 is 9.63 Å². The quantitative estimate of drug-likeness (QED) is 0.668. The number of nitrogens with one attached hydrogen (secondary N) is 2. The fourth-order valence-corrected chi connectivity index (χ4v) is 0.637. The Morgan fingerprint density at radius 2 is 2.31 bits per heavy atom. The highest BCUT2D eigenvalue weighted by Crippen LogP contribution is 2.03. The number of carbonyl (C=O) groups excluding carboxylic acids is 1. The summed E-state index contributed by atoms with van der Waals surface area (Å²) in [5, 5.41) is 0. The summed E-state index contributed by atoms with van der Waals surface area (Å²) in [4.78, 5) is 22.7. The molecule has 0 aliphatic carbocycles. The van der Waals surface area contributed by atoms with E-state index in [4.69, 9.17) is 4.84 Å². The van der Waals surface area contributed by atoms with Gasteiger partial charge < -0.3 is 4.98 Å². The van der Waals surface area contributed by atoms with Gasteiger partial charge in [-0.15, -0.1) is 0 Å². The number of nitrogens with zero attached hydrogens (tertiary/aromatic N) is 1. The van der Waals surface area contributed by atoms with Crippen LogP contribution in [0, 0.1) is 0 Å². The smallest absolute Gasteiger partial charge is 0.310 e. The molecule has 0 fully saturated rings. The Morgan fingerprint density at radius 1 is 1.62 bits per heavy atom. The Balaban J connectivity index is 2.44. The van der Waals surface area contributed by atoms with Crippen LogP contribution in [-0.4, -0.2) is 21.5 Å². The molecule has 5 heteroatoms. The molecule has 0 aromatic carbocycles. The molecule has 13 heavy (non-hydrogen) atoms. The van der Waals surface area contributed by atoms with Crippen LogP contribution >= 0.6 is 0 Å². The number of hydrogen-bond acceptors (Lipinski definition) is 3. The van der Waals surface area contributed by atoms with Gasteiger partial charge in [0.25, 0.3) is 0 Å². The molecule has 1 amide bonds. The van der Waals surface area contributed by atoms with Gasteiger partial charge in [0, 0.05) is 12.4 Å². The third kappa shape index (κ3) is 3.25. The lowest BCUT2D eigenvalue weighted by Crippen LogP contribution is -2.34. The lowest BCUT2D eigenvalue weighted by atomic mass is 10.2. The van der Waals surface area contributed by atoms with Crippen LogP contribution < -0.4 is 5.48 Å². The molecule has 0 radical (unpaired) electrons. The van der Waals surface area contributed by atoms with E-state index in [0.29, 0.717) is 0 Å². The molecule has 0 spiro atoms. The molecule has 1 aromatic rings. The van der Waals surface area contributed by atoms with E-state index in [-0.39, 0.29) is 11.7 Å². The van der Waals surface area contributed by atoms with Gasteiger partial charge in [0.15, 0.2) is 5.82 Å². The summed E-state index contributed by atoms with van der Waals surface area (Å²) < 4.78 is 0. The lowest BCUT2D eigenvalue weighted by molar-refractivity contribution is -0.0593. The number of aromatic nitrogens is 2. The van der Waals surface area contributed by atoms with Crippen LogP contribution in [0.4, 0.5) is 0 Å². The first-order valence-electron chi connectivity index (χ1n) is 3.97. The van der Waals surface area contributed by atoms with Gasteiger partial charge in [-0.2, -0.15) is 0 Å². The summed E-state index contributed by atoms with van der Waals surface area (Å²) in [6.07, 6.45) is 3.08. The summed E-state index contributed by atoms with van der Waals surface area (Å²) in [5.74, 6) is -0.135. The molecule has 0 saturated carbocycles. The zero-order valence-corrected chi connectivity index (χ0v) is 7.92. The average Bonchev–Trinajstić information content (AvgIpc) is 2.50. The second kappa shape index (κ2) is 3.57. The van der Waals surface area contributed by atoms with E-state index in [1.807, 2.05) is 20.8 Å². The fourth-order valence-electron chi connectivity index (χ4n) is 0.637. The van der Waals surface area contributed by atoms with Crippen LogP contribution in [0.1, 0.15) is 31.4 Å². The van der Waals surface area contributed by atoms with Crippen LogP contribution in [0.2, 0.25) is 0 Å². The van der Waals surface area contributed by atoms with E-state index < -0.39 is 5.60 Å². The molecule has 1 heterocycles. The molecule has 5 nitrogen and oxygen atoms in total. The Hall–Kier alpha value is -1.36. The third-order valence-corrected chi connectivity index (χ3v) is 1.16. The van der Waals surface area contributed by atoms with E-state index in [1.54, 1.807) is 6.20 Å². The highest BCUT2D eigenvalue weighted by Gasteiger charge is 2.14. The van der Waals surface area contributed by atoms with Crippen molar-refractivity contribution in [2.24, 2.45) is 0 Å². The summed E-state index contributed by atoms with van der Waals surface area (Å²) in [5.41, 5.74) is 1.89. The van der Waals surface area contributed by atoms with E-state index >= 15 is 0 Å². The highest BCUT2D eigenvalue weighted by atomic mass is 16.7. The summed E-state index contributed by atoms with van der Waals surface area (Å²) >= 11 is 0. The molecule has 0 unspecified atom stereocenters. The molecule has 2 N–H and O–H groups in total. The number of hydrogen-bond donors (Lipinski definition) is 2. The monoisotopic (exact) mass is 183 g/mol. The summed E-state index contributed by atoms with van der Waals surface area (Å²) in [7, 11) is 0. The molecular formula is C8H13N3O2. The number of amides is 1. The van der Waals surface area contributed by atoms with Gasteiger partial charge in [-0.1, -0.05) is 0 Å². The molecule has 0 aliphatic rings. The van der Waals surface area contributed by atoms with E-state index in [0.717, 1.165) is 0 Å². The van der Waals surface area contributed by atoms with Crippen molar-refractivity contribution in [1.29, 1.82) is 0 Å². The van der Waals surface area contributed by atoms with Gasteiger partial charge in [0.05, 0.1) is 5.60 Å². The van der Waals surface area contributed by atoms with E-state index in [1.165, 1.54) is 6.20 Å². The standard InChI is InChI=1S/C8H13N3O2/c1-8(2,3)13-11-7(12)6-9-4-5-10-6/h4-5H,1-3H3,(H,9,10)(H,11,12). The molecule has 0 atom stereocenters. The Morgan fingerprint density at radius 3 is 2.77 bits per heavy atom. The normalized spacial score (nSPS) is 11.3. The predicted molar refractivity (Wildman–Crippen MR) is 46.9 cm³/mol. The van der Waals surface area contributed by atoms with Gasteiger partial charge in [0.2, 0.25) is 0 Å². The second-order valence-corrected chi connectivity index (χ2v) is 3.58. The zero-order chi connectivity index (χ0) is 9.90. The zero-order valence-electron chi connectivity index (χ0n) is 7.92. The number of aromatic amines is 1. The number of rotatable bonds is 2. The van der Waals surface area contributed by atoms with Crippen molar-refractivity contribution in [3.8, 4) is 0 Å². The van der Waals surface area contributed by atoms with Crippen LogP contribution in [-0.2, 0) is 4.84 Å². The first-order valence-corrected chi connectivity index (χ1v) is 3.97. The lowest BCUT2D eigenvalue weighted by Gasteiger charge is -2.18. The Kier molecular flexibility index (Phi) is 2.67. The van der Waals surface area contributed by atoms with Crippen molar-refractivity contribution in [2.75, 3.05) is 0 Å². The van der Waals surface area contributed by atoms with Crippen LogP contribution in [0.3, 0.4) is 0 Å². The maximum atomic E-state index is 11.2. The molecule has 1 rings (SSSR count). The predicted octanol–water partition coefficient (Wildman–Crippen LogP) is 0.870. The van der Waals surface area contributed by atoms with Gasteiger partial charge in [-0.25, -0.2) is 10.5 Å². The summed E-state index contributed by atoms with van der Waals surface area (Å²) in [6, 6.07) is 0. The molecule has 0 saturated heterocycles. The van der Waals surface area contributed by atoms with Crippen LogP contribution in [0.25, 0.3) is 0 Å². The topological polar surface area (TPSA) is 67.0 Å². The van der Waals surface area contributed by atoms with Crippen molar-refractivity contribution in [1.82, 2.24) is 15.4 Å². The molecule has 1 aromatic heterocycles. The van der Waals surface area contributed by atoms with Gasteiger partial charge in [-0.05, 0) is 20.8 Å². The number of imidazole rings is 1. The van der Waals surface area contributed by atoms with Crippen LogP contribution in [0.5, 0.6) is 0 Å². The number of H-pyrrole nitrogens is 1. The molecule has 0 aliphatic heterocycles. The molecule has 72 valence electrons. The maximum absolute atomic E-state index is 11.2. The van der Waals surface area contributed by atoms with Gasteiger partial charge >= 0.3 is 5.91 Å². The molecule has 0 bridgehead atoms. The third-order valence-electron chi connectivity index (χ3n) is 1.16. The Labute approximate surface area is 76.5 Å². The SMILES string of the molecule is CC(C)(C)ONC(=O)c1ncc[nH]1. The highest BCUT2D eigenvalue weighted by molar-refractivity contribution is 5.89. The van der Waals surface area contributed by atoms with Crippen LogP contribution in [0.15, 0.2) is 12.4 Å². The van der Waals surface area contributed by atoms with Crippen molar-refractivity contribution in [3.05, 3.63) is 18.2 Å². The second-order valence-electron chi connectivity index (χ2n) is 3.58.